The van der Waals surface area contributed by atoms with Gasteiger partial charge in [0, 0.05) is 12.7 Å². The summed E-state index contributed by atoms with van der Waals surface area (Å²) in [6.07, 6.45) is 1.25. The van der Waals surface area contributed by atoms with Gasteiger partial charge < -0.3 is 15.9 Å². The first-order valence-corrected chi connectivity index (χ1v) is 3.72. The molecule has 0 unspecified atom stereocenters. The van der Waals surface area contributed by atoms with Crippen LogP contribution in [0.15, 0.2) is 12.3 Å². The van der Waals surface area contributed by atoms with Crippen LogP contribution in [0.4, 0.5) is 0 Å². The van der Waals surface area contributed by atoms with E-state index in [0.717, 1.165) is 0 Å². The Morgan fingerprint density at radius 3 is 2.43 bits per heavy atom. The van der Waals surface area contributed by atoms with Crippen molar-refractivity contribution in [2.45, 2.75) is 6.54 Å². The molecule has 1 aromatic rings. The maximum absolute atomic E-state index is 10.7. The van der Waals surface area contributed by atoms with E-state index >= 15 is 0 Å². The number of carboxylic acids is 2. The van der Waals surface area contributed by atoms with Crippen molar-refractivity contribution in [2.24, 2.45) is 5.73 Å². The topological polar surface area (TPSA) is 114 Å². The fourth-order valence-electron chi connectivity index (χ4n) is 0.953. The zero-order chi connectivity index (χ0) is 10.7. The molecule has 1 aromatic heterocycles. The number of hydrogen-bond acceptors (Lipinski definition) is 4. The number of aromatic carboxylic acids is 2. The second-order valence-corrected chi connectivity index (χ2v) is 2.55. The molecule has 1 heterocycles. The lowest BCUT2D eigenvalue weighted by Gasteiger charge is -2.02. The third-order valence-corrected chi connectivity index (χ3v) is 1.61. The van der Waals surface area contributed by atoms with Crippen LogP contribution in [0, 0.1) is 0 Å². The van der Waals surface area contributed by atoms with Crippen molar-refractivity contribution in [1.29, 1.82) is 0 Å². The van der Waals surface area contributed by atoms with Gasteiger partial charge in [0.25, 0.3) is 0 Å². The van der Waals surface area contributed by atoms with Crippen LogP contribution in [0.5, 0.6) is 0 Å². The van der Waals surface area contributed by atoms with Crippen LogP contribution >= 0.6 is 0 Å². The predicted octanol–water partition coefficient (Wildman–Crippen LogP) is -0.0633. The van der Waals surface area contributed by atoms with Crippen molar-refractivity contribution in [2.75, 3.05) is 0 Å². The van der Waals surface area contributed by atoms with Gasteiger partial charge in [-0.1, -0.05) is 0 Å². The molecule has 0 saturated heterocycles. The lowest BCUT2D eigenvalue weighted by Crippen LogP contribution is -2.12. The second-order valence-electron chi connectivity index (χ2n) is 2.55. The van der Waals surface area contributed by atoms with Crippen molar-refractivity contribution in [1.82, 2.24) is 4.98 Å². The SMILES string of the molecule is NCc1cnc(C(=O)O)c(C(=O)O)c1. The quantitative estimate of drug-likeness (QED) is 0.623. The maximum Gasteiger partial charge on any atom is 0.355 e. The van der Waals surface area contributed by atoms with Gasteiger partial charge in [-0.3, -0.25) is 0 Å². The van der Waals surface area contributed by atoms with Gasteiger partial charge in [0.2, 0.25) is 0 Å². The number of pyridine rings is 1. The molecule has 0 aliphatic carbocycles. The second kappa shape index (κ2) is 3.84. The monoisotopic (exact) mass is 196 g/mol. The van der Waals surface area contributed by atoms with Crippen LogP contribution in [0.2, 0.25) is 0 Å². The number of carbonyl (C=O) groups is 2. The zero-order valence-corrected chi connectivity index (χ0v) is 7.10. The Morgan fingerprint density at radius 1 is 1.36 bits per heavy atom. The first-order valence-electron chi connectivity index (χ1n) is 3.72. The Bertz CT molecular complexity index is 389. The molecule has 0 aliphatic rings. The molecule has 0 spiro atoms. The van der Waals surface area contributed by atoms with Crippen LogP contribution in [0.3, 0.4) is 0 Å². The lowest BCUT2D eigenvalue weighted by molar-refractivity contribution is 0.0646. The average Bonchev–Trinajstić information content (AvgIpc) is 2.16. The number of carboxylic acid groups (broad SMARTS) is 2. The third kappa shape index (κ3) is 1.86. The van der Waals surface area contributed by atoms with Gasteiger partial charge in [0.15, 0.2) is 5.69 Å². The highest BCUT2D eigenvalue weighted by Crippen LogP contribution is 2.08. The Labute approximate surface area is 79.0 Å². The fraction of sp³-hybridized carbons (Fsp3) is 0.125. The van der Waals surface area contributed by atoms with E-state index < -0.39 is 17.6 Å². The van der Waals surface area contributed by atoms with E-state index in [1.54, 1.807) is 0 Å². The van der Waals surface area contributed by atoms with E-state index in [4.69, 9.17) is 15.9 Å². The van der Waals surface area contributed by atoms with E-state index in [-0.39, 0.29) is 12.1 Å². The van der Waals surface area contributed by atoms with E-state index in [9.17, 15) is 9.59 Å². The van der Waals surface area contributed by atoms with Crippen LogP contribution in [-0.2, 0) is 6.54 Å². The molecule has 6 nitrogen and oxygen atoms in total. The van der Waals surface area contributed by atoms with Crippen LogP contribution in [0.25, 0.3) is 0 Å². The number of aromatic nitrogens is 1. The summed E-state index contributed by atoms with van der Waals surface area (Å²) in [4.78, 5) is 24.7. The first-order chi connectivity index (χ1) is 6.56. The highest BCUT2D eigenvalue weighted by molar-refractivity contribution is 6.00. The van der Waals surface area contributed by atoms with Crippen LogP contribution < -0.4 is 5.73 Å². The molecule has 0 fully saturated rings. The van der Waals surface area contributed by atoms with E-state index in [0.29, 0.717) is 5.56 Å². The van der Waals surface area contributed by atoms with Gasteiger partial charge >= 0.3 is 11.9 Å². The average molecular weight is 196 g/mol. The van der Waals surface area contributed by atoms with Crippen LogP contribution in [-0.4, -0.2) is 27.1 Å². The maximum atomic E-state index is 10.7. The van der Waals surface area contributed by atoms with Crippen molar-refractivity contribution in [3.63, 3.8) is 0 Å². The summed E-state index contributed by atoms with van der Waals surface area (Å²) in [5, 5.41) is 17.3. The van der Waals surface area contributed by atoms with Gasteiger partial charge in [-0.15, -0.1) is 0 Å². The Kier molecular flexibility index (Phi) is 2.78. The van der Waals surface area contributed by atoms with Crippen molar-refractivity contribution in [3.8, 4) is 0 Å². The Balaban J connectivity index is 3.31. The minimum absolute atomic E-state index is 0.118. The molecule has 0 aromatic carbocycles. The number of nitrogens with zero attached hydrogens (tertiary/aromatic N) is 1. The molecule has 4 N–H and O–H groups in total. The highest BCUT2D eigenvalue weighted by Gasteiger charge is 2.17. The molecule has 1 rings (SSSR count). The summed E-state index contributed by atoms with van der Waals surface area (Å²) in [6.45, 7) is 0.118. The minimum Gasteiger partial charge on any atom is -0.478 e. The molecule has 6 heteroatoms. The first kappa shape index (κ1) is 10.1. The summed E-state index contributed by atoms with van der Waals surface area (Å²) in [7, 11) is 0. The molecule has 0 amide bonds. The zero-order valence-electron chi connectivity index (χ0n) is 7.10. The van der Waals surface area contributed by atoms with Gasteiger partial charge in [-0.25, -0.2) is 14.6 Å². The van der Waals surface area contributed by atoms with Crippen molar-refractivity contribution >= 4 is 11.9 Å². The van der Waals surface area contributed by atoms with E-state index in [1.165, 1.54) is 12.3 Å². The van der Waals surface area contributed by atoms with E-state index in [1.807, 2.05) is 0 Å². The van der Waals surface area contributed by atoms with Gasteiger partial charge in [0.05, 0.1) is 5.56 Å². The standard InChI is InChI=1S/C8H8N2O4/c9-2-4-1-5(7(11)12)6(8(13)14)10-3-4/h1,3H,2,9H2,(H,11,12)(H,13,14). The summed E-state index contributed by atoms with van der Waals surface area (Å²) >= 11 is 0. The summed E-state index contributed by atoms with van der Waals surface area (Å²) < 4.78 is 0. The number of hydrogen-bond donors (Lipinski definition) is 3. The molecule has 74 valence electrons. The lowest BCUT2D eigenvalue weighted by atomic mass is 10.1. The van der Waals surface area contributed by atoms with Crippen molar-refractivity contribution in [3.05, 3.63) is 29.1 Å². The van der Waals surface area contributed by atoms with Crippen molar-refractivity contribution < 1.29 is 19.8 Å². The van der Waals surface area contributed by atoms with Crippen LogP contribution in [0.1, 0.15) is 26.4 Å². The molecular formula is C8H8N2O4. The normalized spacial score (nSPS) is 9.79. The predicted molar refractivity (Wildman–Crippen MR) is 46.0 cm³/mol. The molecule has 0 aliphatic heterocycles. The smallest absolute Gasteiger partial charge is 0.355 e. The van der Waals surface area contributed by atoms with Gasteiger partial charge in [-0.05, 0) is 11.6 Å². The summed E-state index contributed by atoms with van der Waals surface area (Å²) in [5.41, 5.74) is 4.92. The molecule has 0 bridgehead atoms. The Hall–Kier alpha value is -1.95. The molecular weight excluding hydrogens is 188 g/mol. The van der Waals surface area contributed by atoms with Gasteiger partial charge in [0.1, 0.15) is 0 Å². The Morgan fingerprint density at radius 2 is 2.00 bits per heavy atom. The highest BCUT2D eigenvalue weighted by atomic mass is 16.4. The molecule has 14 heavy (non-hydrogen) atoms. The van der Waals surface area contributed by atoms with Gasteiger partial charge in [-0.2, -0.15) is 0 Å². The molecule has 0 saturated carbocycles. The molecule has 0 radical (unpaired) electrons. The molecule has 0 atom stereocenters. The number of nitrogens with two attached hydrogens (primary N) is 1. The largest absolute Gasteiger partial charge is 0.478 e. The fourth-order valence-corrected chi connectivity index (χ4v) is 0.953. The summed E-state index contributed by atoms with van der Waals surface area (Å²) in [5.74, 6) is -2.70. The van der Waals surface area contributed by atoms with E-state index in [2.05, 4.69) is 4.98 Å². The number of rotatable bonds is 3. The minimum atomic E-state index is -1.37. The summed E-state index contributed by atoms with van der Waals surface area (Å²) in [6, 6.07) is 1.21. The third-order valence-electron chi connectivity index (χ3n) is 1.61.